The lowest BCUT2D eigenvalue weighted by molar-refractivity contribution is -0.180. The van der Waals surface area contributed by atoms with Crippen molar-refractivity contribution in [2.75, 3.05) is 13.1 Å². The molecule has 0 spiro atoms. The number of nitrogens with zero attached hydrogens (tertiary/aromatic N) is 2. The Balaban J connectivity index is 1.89. The van der Waals surface area contributed by atoms with E-state index in [4.69, 9.17) is 0 Å². The molecule has 0 aromatic heterocycles. The van der Waals surface area contributed by atoms with Gasteiger partial charge in [0.05, 0.1) is 6.54 Å². The molecule has 100 valence electrons. The second kappa shape index (κ2) is 5.70. The van der Waals surface area contributed by atoms with Crippen molar-refractivity contribution in [2.24, 2.45) is 5.92 Å². The second-order valence-corrected chi connectivity index (χ2v) is 5.38. The monoisotopic (exact) mass is 248 g/mol. The van der Waals surface area contributed by atoms with Crippen molar-refractivity contribution in [3.8, 4) is 0 Å². The lowest BCUT2D eigenvalue weighted by Gasteiger charge is -2.48. The van der Waals surface area contributed by atoms with Crippen LogP contribution in [0.5, 0.6) is 0 Å². The van der Waals surface area contributed by atoms with Gasteiger partial charge in [0.1, 0.15) is 0 Å². The summed E-state index contributed by atoms with van der Waals surface area (Å²) in [7, 11) is 0. The fraction of sp³-hybridized carbons (Fsp3) is 0.667. The first kappa shape index (κ1) is 13.3. The molecule has 1 amide bonds. The highest BCUT2D eigenvalue weighted by Crippen LogP contribution is 2.30. The van der Waals surface area contributed by atoms with E-state index in [0.29, 0.717) is 17.9 Å². The number of carbonyl (C=O) groups is 1. The minimum Gasteiger partial charge on any atom is -0.273 e. The van der Waals surface area contributed by atoms with E-state index in [-0.39, 0.29) is 0 Å². The van der Waals surface area contributed by atoms with Crippen LogP contribution >= 0.6 is 0 Å². The van der Waals surface area contributed by atoms with Crippen molar-refractivity contribution in [1.29, 1.82) is 0 Å². The number of rotatable bonds is 4. The molecule has 2 fully saturated rings. The summed E-state index contributed by atoms with van der Waals surface area (Å²) in [4.78, 5) is 12.2. The number of amides is 1. The number of hydrogen-bond donors (Lipinski definition) is 0. The van der Waals surface area contributed by atoms with Crippen LogP contribution < -0.4 is 0 Å². The minimum atomic E-state index is 0.303. The topological polar surface area (TPSA) is 23.6 Å². The third-order valence-electron chi connectivity index (χ3n) is 4.12. The summed E-state index contributed by atoms with van der Waals surface area (Å²) in [6.45, 7) is 8.19. The molecular weight excluding hydrogens is 224 g/mol. The number of carbonyl (C=O) groups excluding carboxylic acids is 1. The molecule has 1 aliphatic carbocycles. The largest absolute Gasteiger partial charge is 0.273 e. The molecule has 0 aromatic rings. The summed E-state index contributed by atoms with van der Waals surface area (Å²) in [6, 6.07) is 0.303. The van der Waals surface area contributed by atoms with E-state index in [2.05, 4.69) is 37.1 Å². The second-order valence-electron chi connectivity index (χ2n) is 5.38. The molecule has 18 heavy (non-hydrogen) atoms. The molecule has 1 unspecified atom stereocenters. The smallest absolute Gasteiger partial charge is 0.240 e. The Labute approximate surface area is 110 Å². The van der Waals surface area contributed by atoms with Gasteiger partial charge in [-0.2, -0.15) is 0 Å². The van der Waals surface area contributed by atoms with Crippen LogP contribution in [-0.4, -0.2) is 35.1 Å². The summed E-state index contributed by atoms with van der Waals surface area (Å²) in [5.41, 5.74) is 1.26. The number of hydrogen-bond acceptors (Lipinski definition) is 2. The van der Waals surface area contributed by atoms with Crippen molar-refractivity contribution in [3.05, 3.63) is 23.8 Å². The molecule has 0 radical (unpaired) electrons. The van der Waals surface area contributed by atoms with Gasteiger partial charge in [-0.15, -0.1) is 0 Å². The van der Waals surface area contributed by atoms with Crippen LogP contribution in [0.1, 0.15) is 40.0 Å². The van der Waals surface area contributed by atoms with Gasteiger partial charge < -0.3 is 0 Å². The predicted octanol–water partition coefficient (Wildman–Crippen LogP) is 2.76. The van der Waals surface area contributed by atoms with Gasteiger partial charge in [-0.1, -0.05) is 30.2 Å². The highest BCUT2D eigenvalue weighted by molar-refractivity contribution is 5.79. The summed E-state index contributed by atoms with van der Waals surface area (Å²) in [5, 5.41) is 4.13. The van der Waals surface area contributed by atoms with Gasteiger partial charge in [0.25, 0.3) is 0 Å². The van der Waals surface area contributed by atoms with Crippen LogP contribution in [0.4, 0.5) is 0 Å². The first-order chi connectivity index (χ1) is 8.63. The minimum absolute atomic E-state index is 0.303. The van der Waals surface area contributed by atoms with Crippen molar-refractivity contribution in [1.82, 2.24) is 10.0 Å². The molecule has 2 aliphatic rings. The molecule has 0 N–H and O–H groups in total. The molecule has 0 bridgehead atoms. The molecule has 3 nitrogen and oxygen atoms in total. The molecule has 1 aliphatic heterocycles. The van der Waals surface area contributed by atoms with Crippen molar-refractivity contribution < 1.29 is 4.79 Å². The van der Waals surface area contributed by atoms with Crippen LogP contribution in [0, 0.1) is 5.92 Å². The molecule has 1 saturated heterocycles. The van der Waals surface area contributed by atoms with E-state index in [1.165, 1.54) is 12.0 Å². The lowest BCUT2D eigenvalue weighted by Crippen LogP contribution is -2.63. The number of allylic oxidation sites excluding steroid dienone is 3. The highest BCUT2D eigenvalue weighted by Gasteiger charge is 2.38. The lowest BCUT2D eigenvalue weighted by atomic mass is 9.84. The van der Waals surface area contributed by atoms with E-state index < -0.39 is 0 Å². The molecule has 1 heterocycles. The quantitative estimate of drug-likeness (QED) is 0.714. The maximum absolute atomic E-state index is 12.2. The maximum atomic E-state index is 12.2. The average Bonchev–Trinajstić information content (AvgIpc) is 2.21. The first-order valence-corrected chi connectivity index (χ1v) is 7.02. The highest BCUT2D eigenvalue weighted by atomic mass is 16.2. The normalized spacial score (nSPS) is 23.9. The summed E-state index contributed by atoms with van der Waals surface area (Å²) in [5.74, 6) is 0.650. The molecular formula is C15H24N2O. The van der Waals surface area contributed by atoms with E-state index in [1.54, 1.807) is 0 Å². The fourth-order valence-corrected chi connectivity index (χ4v) is 2.33. The fourth-order valence-electron chi connectivity index (χ4n) is 2.33. The molecule has 0 aromatic carbocycles. The molecule has 1 saturated carbocycles. The zero-order valence-electron chi connectivity index (χ0n) is 11.7. The van der Waals surface area contributed by atoms with Gasteiger partial charge in [-0.05, 0) is 33.6 Å². The average molecular weight is 248 g/mol. The van der Waals surface area contributed by atoms with Crippen molar-refractivity contribution in [2.45, 2.75) is 46.1 Å². The standard InChI is InChI=1S/C15H24N2O/c1-4-12(2)8-9-13(3)16-10-11-17(16)15(18)14-6-5-7-14/h4,8-9,13-14H,5-7,10-11H2,1-3H3/b9-8-,12-4-. The van der Waals surface area contributed by atoms with Crippen molar-refractivity contribution >= 4 is 5.91 Å². The predicted molar refractivity (Wildman–Crippen MR) is 73.8 cm³/mol. The zero-order valence-corrected chi connectivity index (χ0v) is 11.7. The summed E-state index contributed by atoms with van der Waals surface area (Å²) >= 11 is 0. The Morgan fingerprint density at radius 1 is 1.33 bits per heavy atom. The molecule has 3 heteroatoms. The van der Waals surface area contributed by atoms with Crippen LogP contribution in [0.25, 0.3) is 0 Å². The SMILES string of the molecule is C/C=C(C)\C=C/C(C)N1CCN1C(=O)C1CCC1. The number of hydrazine groups is 1. The zero-order chi connectivity index (χ0) is 13.1. The van der Waals surface area contributed by atoms with Gasteiger partial charge in [0, 0.05) is 18.5 Å². The Morgan fingerprint density at radius 3 is 2.50 bits per heavy atom. The van der Waals surface area contributed by atoms with E-state index >= 15 is 0 Å². The van der Waals surface area contributed by atoms with Crippen LogP contribution in [0.2, 0.25) is 0 Å². The Morgan fingerprint density at radius 2 is 2.06 bits per heavy atom. The van der Waals surface area contributed by atoms with Crippen LogP contribution in [-0.2, 0) is 4.79 Å². The van der Waals surface area contributed by atoms with E-state index in [0.717, 1.165) is 25.9 Å². The van der Waals surface area contributed by atoms with Crippen LogP contribution in [0.15, 0.2) is 23.8 Å². The van der Waals surface area contributed by atoms with Gasteiger partial charge in [0.15, 0.2) is 0 Å². The summed E-state index contributed by atoms with van der Waals surface area (Å²) in [6.07, 6.45) is 9.80. The first-order valence-electron chi connectivity index (χ1n) is 7.02. The van der Waals surface area contributed by atoms with Gasteiger partial charge in [0.2, 0.25) is 5.91 Å². The molecule has 1 atom stereocenters. The van der Waals surface area contributed by atoms with Crippen molar-refractivity contribution in [3.63, 3.8) is 0 Å². The third kappa shape index (κ3) is 2.66. The van der Waals surface area contributed by atoms with Gasteiger partial charge >= 0.3 is 0 Å². The van der Waals surface area contributed by atoms with Gasteiger partial charge in [-0.25, -0.2) is 5.01 Å². The van der Waals surface area contributed by atoms with Gasteiger partial charge in [-0.3, -0.25) is 9.80 Å². The maximum Gasteiger partial charge on any atom is 0.240 e. The molecule has 2 rings (SSSR count). The van der Waals surface area contributed by atoms with E-state index in [1.807, 2.05) is 11.9 Å². The summed E-state index contributed by atoms with van der Waals surface area (Å²) < 4.78 is 0. The Hall–Kier alpha value is -1.09. The Kier molecular flexibility index (Phi) is 4.23. The van der Waals surface area contributed by atoms with E-state index in [9.17, 15) is 4.79 Å². The Bertz CT molecular complexity index is 369. The van der Waals surface area contributed by atoms with Crippen LogP contribution in [0.3, 0.4) is 0 Å². The third-order valence-corrected chi connectivity index (χ3v) is 4.12.